The van der Waals surface area contributed by atoms with Crippen LogP contribution in [0.15, 0.2) is 36.4 Å². The average molecular weight is 474 g/mol. The molecule has 32 heavy (non-hydrogen) atoms. The minimum atomic E-state index is -0.638. The van der Waals surface area contributed by atoms with Gasteiger partial charge in [0.05, 0.1) is 27.7 Å². The number of rotatable bonds is 5. The number of hydrogen-bond acceptors (Lipinski definition) is 4. The summed E-state index contributed by atoms with van der Waals surface area (Å²) in [5.74, 6) is -0.699. The van der Waals surface area contributed by atoms with Crippen molar-refractivity contribution in [3.05, 3.63) is 63.4 Å². The Bertz CT molecular complexity index is 1230. The van der Waals surface area contributed by atoms with Gasteiger partial charge < -0.3 is 20.9 Å². The Balaban J connectivity index is 1.48. The van der Waals surface area contributed by atoms with Gasteiger partial charge in [0, 0.05) is 17.1 Å². The van der Waals surface area contributed by atoms with Gasteiger partial charge in [-0.05, 0) is 56.2 Å². The minimum absolute atomic E-state index is 0.129. The van der Waals surface area contributed by atoms with Crippen molar-refractivity contribution in [1.82, 2.24) is 20.2 Å². The fourth-order valence-electron chi connectivity index (χ4n) is 3.85. The summed E-state index contributed by atoms with van der Waals surface area (Å²) in [6, 6.07) is 8.71. The molecule has 1 fully saturated rings. The van der Waals surface area contributed by atoms with Crippen molar-refractivity contribution in [3.63, 3.8) is 0 Å². The summed E-state index contributed by atoms with van der Waals surface area (Å²) < 4.78 is 0. The molecule has 0 bridgehead atoms. The Kier molecular flexibility index (Phi) is 6.08. The van der Waals surface area contributed by atoms with Crippen LogP contribution in [-0.2, 0) is 4.79 Å². The third-order valence-electron chi connectivity index (χ3n) is 5.52. The van der Waals surface area contributed by atoms with E-state index in [0.29, 0.717) is 35.8 Å². The number of likely N-dealkylation sites (tertiary alicyclic amines) is 1. The summed E-state index contributed by atoms with van der Waals surface area (Å²) in [6.07, 6.45) is 1.23. The largest absolute Gasteiger partial charge is 0.368 e. The Labute approximate surface area is 194 Å². The van der Waals surface area contributed by atoms with Crippen LogP contribution >= 0.6 is 23.2 Å². The molecule has 0 radical (unpaired) electrons. The lowest BCUT2D eigenvalue weighted by Crippen LogP contribution is -2.43. The summed E-state index contributed by atoms with van der Waals surface area (Å²) >= 11 is 12.3. The predicted octanol–water partition coefficient (Wildman–Crippen LogP) is 3.45. The molecule has 1 saturated heterocycles. The third kappa shape index (κ3) is 4.28. The maximum atomic E-state index is 12.8. The molecular weight excluding hydrogens is 453 g/mol. The number of amides is 3. The second kappa shape index (κ2) is 8.80. The van der Waals surface area contributed by atoms with Crippen molar-refractivity contribution in [2.45, 2.75) is 31.8 Å². The molecule has 4 N–H and O–H groups in total. The standard InChI is InChI=1S/C22H21Cl2N5O3/c1-11(20-27-16-7-5-13(23)10-17(16)28-20)26-21(31)12-4-6-14(15(24)9-12)22(32)29-8-2-3-18(29)19(25)30/h4-7,9-11,18H,2-3,8H2,1H3,(H2,25,30)(H,26,31)(H,27,28)/t11-,18+/m1/s1. The van der Waals surface area contributed by atoms with Crippen LogP contribution in [0.5, 0.6) is 0 Å². The Morgan fingerprint density at radius 3 is 2.72 bits per heavy atom. The van der Waals surface area contributed by atoms with Crippen LogP contribution < -0.4 is 11.1 Å². The highest BCUT2D eigenvalue weighted by molar-refractivity contribution is 6.34. The first-order valence-corrected chi connectivity index (χ1v) is 10.9. The van der Waals surface area contributed by atoms with E-state index in [2.05, 4.69) is 15.3 Å². The minimum Gasteiger partial charge on any atom is -0.368 e. The van der Waals surface area contributed by atoms with Crippen LogP contribution in [0.4, 0.5) is 0 Å². The number of H-pyrrole nitrogens is 1. The molecule has 2 heterocycles. The maximum Gasteiger partial charge on any atom is 0.256 e. The number of aromatic amines is 1. The molecule has 1 aliphatic rings. The molecule has 8 nitrogen and oxygen atoms in total. The molecule has 1 aliphatic heterocycles. The summed E-state index contributed by atoms with van der Waals surface area (Å²) in [6.45, 7) is 2.24. The van der Waals surface area contributed by atoms with Gasteiger partial charge in [0.15, 0.2) is 0 Å². The molecule has 1 aromatic heterocycles. The van der Waals surface area contributed by atoms with Crippen molar-refractivity contribution < 1.29 is 14.4 Å². The van der Waals surface area contributed by atoms with Gasteiger partial charge in [-0.1, -0.05) is 23.2 Å². The zero-order valence-corrected chi connectivity index (χ0v) is 18.7. The fraction of sp³-hybridized carbons (Fsp3) is 0.273. The molecule has 2 aromatic carbocycles. The first kappa shape index (κ1) is 22.1. The van der Waals surface area contributed by atoms with Crippen LogP contribution in [0.25, 0.3) is 11.0 Å². The molecule has 4 rings (SSSR count). The van der Waals surface area contributed by atoms with E-state index in [1.165, 1.54) is 23.1 Å². The normalized spacial score (nSPS) is 16.8. The number of hydrogen-bond donors (Lipinski definition) is 3. The van der Waals surface area contributed by atoms with Gasteiger partial charge in [0.25, 0.3) is 11.8 Å². The number of nitrogens with two attached hydrogens (primary N) is 1. The number of imidazole rings is 1. The molecule has 2 atom stereocenters. The first-order chi connectivity index (χ1) is 15.2. The topological polar surface area (TPSA) is 121 Å². The Hall–Kier alpha value is -3.10. The monoisotopic (exact) mass is 473 g/mol. The van der Waals surface area contributed by atoms with Crippen LogP contribution in [0.3, 0.4) is 0 Å². The molecule has 0 saturated carbocycles. The van der Waals surface area contributed by atoms with Crippen LogP contribution in [0.1, 0.15) is 52.3 Å². The quantitative estimate of drug-likeness (QED) is 0.525. The van der Waals surface area contributed by atoms with Gasteiger partial charge in [-0.15, -0.1) is 0 Å². The molecule has 166 valence electrons. The Morgan fingerprint density at radius 1 is 1.22 bits per heavy atom. The number of carbonyl (C=O) groups is 3. The third-order valence-corrected chi connectivity index (χ3v) is 6.07. The zero-order valence-electron chi connectivity index (χ0n) is 17.2. The average Bonchev–Trinajstić information content (AvgIpc) is 3.40. The smallest absolute Gasteiger partial charge is 0.256 e. The highest BCUT2D eigenvalue weighted by Crippen LogP contribution is 2.25. The van der Waals surface area contributed by atoms with Crippen molar-refractivity contribution in [2.24, 2.45) is 5.73 Å². The van der Waals surface area contributed by atoms with E-state index in [4.69, 9.17) is 28.9 Å². The summed E-state index contributed by atoms with van der Waals surface area (Å²) in [5.41, 5.74) is 7.43. The number of nitrogens with one attached hydrogen (secondary N) is 2. The van der Waals surface area contributed by atoms with Crippen LogP contribution in [0.2, 0.25) is 10.0 Å². The molecule has 0 aliphatic carbocycles. The molecule has 0 unspecified atom stereocenters. The van der Waals surface area contributed by atoms with E-state index < -0.39 is 18.0 Å². The van der Waals surface area contributed by atoms with Gasteiger partial charge in [0.2, 0.25) is 5.91 Å². The van der Waals surface area contributed by atoms with Crippen molar-refractivity contribution in [1.29, 1.82) is 0 Å². The highest BCUT2D eigenvalue weighted by Gasteiger charge is 2.34. The second-order valence-electron chi connectivity index (χ2n) is 7.73. The first-order valence-electron chi connectivity index (χ1n) is 10.1. The number of fused-ring (bicyclic) bond motifs is 1. The van der Waals surface area contributed by atoms with E-state index in [-0.39, 0.29) is 22.4 Å². The van der Waals surface area contributed by atoms with E-state index in [1.807, 2.05) is 0 Å². The Morgan fingerprint density at radius 2 is 2.00 bits per heavy atom. The number of aromatic nitrogens is 2. The lowest BCUT2D eigenvalue weighted by molar-refractivity contribution is -0.121. The van der Waals surface area contributed by atoms with Gasteiger partial charge in [-0.3, -0.25) is 14.4 Å². The van der Waals surface area contributed by atoms with Crippen LogP contribution in [-0.4, -0.2) is 45.2 Å². The lowest BCUT2D eigenvalue weighted by atomic mass is 10.1. The highest BCUT2D eigenvalue weighted by atomic mass is 35.5. The molecule has 0 spiro atoms. The summed E-state index contributed by atoms with van der Waals surface area (Å²) in [7, 11) is 0. The lowest BCUT2D eigenvalue weighted by Gasteiger charge is -2.22. The van der Waals surface area contributed by atoms with Crippen molar-refractivity contribution in [2.75, 3.05) is 6.54 Å². The van der Waals surface area contributed by atoms with Gasteiger partial charge in [-0.25, -0.2) is 4.98 Å². The SMILES string of the molecule is C[C@@H](NC(=O)c1ccc(C(=O)N2CCC[C@H]2C(N)=O)c(Cl)c1)c1nc2ccc(Cl)cc2[nH]1. The number of halogens is 2. The second-order valence-corrected chi connectivity index (χ2v) is 8.58. The van der Waals surface area contributed by atoms with Crippen molar-refractivity contribution >= 4 is 52.0 Å². The zero-order chi connectivity index (χ0) is 23.0. The van der Waals surface area contributed by atoms with E-state index >= 15 is 0 Å². The number of nitrogens with zero attached hydrogens (tertiary/aromatic N) is 2. The van der Waals surface area contributed by atoms with Gasteiger partial charge in [0.1, 0.15) is 11.9 Å². The number of primary amides is 1. The number of benzene rings is 2. The van der Waals surface area contributed by atoms with E-state index in [9.17, 15) is 14.4 Å². The van der Waals surface area contributed by atoms with Gasteiger partial charge >= 0.3 is 0 Å². The summed E-state index contributed by atoms with van der Waals surface area (Å²) in [4.78, 5) is 46.2. The predicted molar refractivity (Wildman–Crippen MR) is 122 cm³/mol. The van der Waals surface area contributed by atoms with Crippen molar-refractivity contribution in [3.8, 4) is 0 Å². The number of carbonyl (C=O) groups excluding carboxylic acids is 3. The molecular formula is C22H21Cl2N5O3. The molecule has 10 heteroatoms. The molecule has 3 aromatic rings. The van der Waals surface area contributed by atoms with E-state index in [0.717, 1.165) is 11.0 Å². The van der Waals surface area contributed by atoms with Gasteiger partial charge in [-0.2, -0.15) is 0 Å². The van der Waals surface area contributed by atoms with Crippen LogP contribution in [0, 0.1) is 0 Å². The summed E-state index contributed by atoms with van der Waals surface area (Å²) in [5, 5.41) is 3.58. The maximum absolute atomic E-state index is 12.8. The fourth-order valence-corrected chi connectivity index (χ4v) is 4.28. The molecule has 3 amide bonds. The van der Waals surface area contributed by atoms with E-state index in [1.54, 1.807) is 25.1 Å².